The zero-order valence-corrected chi connectivity index (χ0v) is 11.7. The van der Waals surface area contributed by atoms with E-state index >= 15 is 0 Å². The van der Waals surface area contributed by atoms with Crippen LogP contribution in [0.4, 0.5) is 18.3 Å². The van der Waals surface area contributed by atoms with Crippen LogP contribution >= 0.6 is 11.3 Å². The first-order chi connectivity index (χ1) is 8.94. The van der Waals surface area contributed by atoms with E-state index in [2.05, 4.69) is 4.98 Å². The summed E-state index contributed by atoms with van der Waals surface area (Å²) in [6, 6.07) is -0.00660. The molecule has 1 aromatic rings. The largest absolute Gasteiger partial charge is 0.406 e. The molecular formula is C12H18F3N3S. The van der Waals surface area contributed by atoms with Crippen molar-refractivity contribution in [1.29, 1.82) is 0 Å². The van der Waals surface area contributed by atoms with Gasteiger partial charge in [0.2, 0.25) is 0 Å². The molecular weight excluding hydrogens is 275 g/mol. The number of rotatable bonds is 6. The first-order valence-corrected chi connectivity index (χ1v) is 7.28. The van der Waals surface area contributed by atoms with Crippen LogP contribution in [0.25, 0.3) is 0 Å². The van der Waals surface area contributed by atoms with E-state index in [1.165, 1.54) is 16.2 Å². The van der Waals surface area contributed by atoms with E-state index < -0.39 is 12.7 Å². The fourth-order valence-corrected chi connectivity index (χ4v) is 3.07. The Morgan fingerprint density at radius 1 is 1.42 bits per heavy atom. The van der Waals surface area contributed by atoms with Gasteiger partial charge in [0.05, 0.1) is 5.69 Å². The van der Waals surface area contributed by atoms with E-state index in [0.717, 1.165) is 36.3 Å². The molecule has 1 aliphatic rings. The van der Waals surface area contributed by atoms with Crippen LogP contribution in [0.2, 0.25) is 0 Å². The molecule has 1 fully saturated rings. The summed E-state index contributed by atoms with van der Waals surface area (Å²) in [4.78, 5) is 6.68. The van der Waals surface area contributed by atoms with Crippen LogP contribution in [0.3, 0.4) is 0 Å². The van der Waals surface area contributed by atoms with E-state index in [1.54, 1.807) is 0 Å². The van der Waals surface area contributed by atoms with Crippen LogP contribution in [0.1, 0.15) is 36.8 Å². The van der Waals surface area contributed by atoms with Gasteiger partial charge >= 0.3 is 6.18 Å². The van der Waals surface area contributed by atoms with Crippen molar-refractivity contribution in [2.45, 2.75) is 51.4 Å². The van der Waals surface area contributed by atoms with Crippen LogP contribution in [-0.4, -0.2) is 23.7 Å². The SMILES string of the molecule is CCCc1nc(N(CC(F)(F)F)C2CC2)sc1CN. The second kappa shape index (κ2) is 5.66. The molecule has 7 heteroatoms. The standard InChI is InChI=1S/C12H18F3N3S/c1-2-3-9-10(6-16)19-11(17-9)18(8-4-5-8)7-12(13,14)15/h8H,2-7,16H2,1H3. The number of nitrogens with two attached hydrogens (primary N) is 1. The maximum Gasteiger partial charge on any atom is 0.406 e. The Hall–Kier alpha value is -0.820. The average Bonchev–Trinajstić information content (AvgIpc) is 3.07. The molecule has 19 heavy (non-hydrogen) atoms. The minimum absolute atomic E-state index is 0.00660. The minimum atomic E-state index is -4.19. The first kappa shape index (κ1) is 14.6. The number of nitrogens with zero attached hydrogens (tertiary/aromatic N) is 2. The summed E-state index contributed by atoms with van der Waals surface area (Å²) in [5.41, 5.74) is 6.50. The number of aromatic nitrogens is 1. The van der Waals surface area contributed by atoms with E-state index in [9.17, 15) is 13.2 Å². The lowest BCUT2D eigenvalue weighted by Crippen LogP contribution is -2.35. The third kappa shape index (κ3) is 3.82. The lowest BCUT2D eigenvalue weighted by atomic mass is 10.2. The second-order valence-corrected chi connectivity index (χ2v) is 5.86. The quantitative estimate of drug-likeness (QED) is 0.876. The zero-order valence-electron chi connectivity index (χ0n) is 10.8. The molecule has 0 spiro atoms. The molecule has 0 aliphatic heterocycles. The Bertz CT molecular complexity index is 426. The third-order valence-corrected chi connectivity index (χ3v) is 4.18. The van der Waals surface area contributed by atoms with Gasteiger partial charge in [-0.05, 0) is 19.3 Å². The van der Waals surface area contributed by atoms with Gasteiger partial charge in [-0.25, -0.2) is 4.98 Å². The summed E-state index contributed by atoms with van der Waals surface area (Å²) in [5.74, 6) is 0. The maximum atomic E-state index is 12.6. The molecule has 1 saturated carbocycles. The van der Waals surface area contributed by atoms with E-state index in [-0.39, 0.29) is 6.04 Å². The molecule has 2 N–H and O–H groups in total. The van der Waals surface area contributed by atoms with Crippen LogP contribution in [-0.2, 0) is 13.0 Å². The lowest BCUT2D eigenvalue weighted by molar-refractivity contribution is -0.120. The molecule has 3 nitrogen and oxygen atoms in total. The van der Waals surface area contributed by atoms with Gasteiger partial charge in [0.1, 0.15) is 6.54 Å². The topological polar surface area (TPSA) is 42.2 Å². The Labute approximate surface area is 114 Å². The predicted molar refractivity (Wildman–Crippen MR) is 70.4 cm³/mol. The first-order valence-electron chi connectivity index (χ1n) is 6.46. The Morgan fingerprint density at radius 2 is 2.11 bits per heavy atom. The number of hydrogen-bond acceptors (Lipinski definition) is 4. The van der Waals surface area contributed by atoms with Crippen molar-refractivity contribution < 1.29 is 13.2 Å². The summed E-state index contributed by atoms with van der Waals surface area (Å²) in [6.45, 7) is 1.45. The molecule has 1 heterocycles. The highest BCUT2D eigenvalue weighted by molar-refractivity contribution is 7.15. The highest BCUT2D eigenvalue weighted by Gasteiger charge is 2.39. The van der Waals surface area contributed by atoms with Crippen molar-refractivity contribution in [3.05, 3.63) is 10.6 Å². The summed E-state index contributed by atoms with van der Waals surface area (Å²) in [5, 5.41) is 0.476. The minimum Gasteiger partial charge on any atom is -0.336 e. The predicted octanol–water partition coefficient (Wildman–Crippen LogP) is 3.09. The number of halogens is 3. The van der Waals surface area contributed by atoms with Gasteiger partial charge in [0, 0.05) is 17.5 Å². The Morgan fingerprint density at radius 3 is 2.58 bits per heavy atom. The van der Waals surface area contributed by atoms with E-state index in [1.807, 2.05) is 6.92 Å². The van der Waals surface area contributed by atoms with E-state index in [0.29, 0.717) is 11.7 Å². The molecule has 2 rings (SSSR count). The third-order valence-electron chi connectivity index (χ3n) is 3.02. The summed E-state index contributed by atoms with van der Waals surface area (Å²) < 4.78 is 37.9. The summed E-state index contributed by atoms with van der Waals surface area (Å²) in [7, 11) is 0. The number of aryl methyl sites for hydroxylation is 1. The van der Waals surface area contributed by atoms with Crippen molar-refractivity contribution in [2.75, 3.05) is 11.4 Å². The van der Waals surface area contributed by atoms with E-state index in [4.69, 9.17) is 5.73 Å². The van der Waals surface area contributed by atoms with Crippen LogP contribution in [0.15, 0.2) is 0 Å². The van der Waals surface area contributed by atoms with Gasteiger partial charge in [-0.15, -0.1) is 11.3 Å². The van der Waals surface area contributed by atoms with Crippen molar-refractivity contribution in [2.24, 2.45) is 5.73 Å². The highest BCUT2D eigenvalue weighted by Crippen LogP contribution is 2.37. The molecule has 0 bridgehead atoms. The summed E-state index contributed by atoms with van der Waals surface area (Å²) in [6.07, 6.45) is -0.873. The normalized spacial score (nSPS) is 15.8. The average molecular weight is 293 g/mol. The van der Waals surface area contributed by atoms with Crippen molar-refractivity contribution >= 4 is 16.5 Å². The lowest BCUT2D eigenvalue weighted by Gasteiger charge is -2.22. The molecule has 0 amide bonds. The molecule has 0 saturated heterocycles. The van der Waals surface area contributed by atoms with Crippen molar-refractivity contribution in [3.63, 3.8) is 0 Å². The van der Waals surface area contributed by atoms with Crippen LogP contribution < -0.4 is 10.6 Å². The fourth-order valence-electron chi connectivity index (χ4n) is 2.02. The van der Waals surface area contributed by atoms with Gasteiger partial charge in [-0.1, -0.05) is 13.3 Å². The Balaban J connectivity index is 2.21. The van der Waals surface area contributed by atoms with Gasteiger partial charge in [-0.2, -0.15) is 13.2 Å². The zero-order chi connectivity index (χ0) is 14.0. The molecule has 1 aliphatic carbocycles. The fraction of sp³-hybridized carbons (Fsp3) is 0.750. The number of thiazole rings is 1. The molecule has 0 aromatic carbocycles. The number of alkyl halides is 3. The van der Waals surface area contributed by atoms with Gasteiger partial charge in [0.25, 0.3) is 0 Å². The molecule has 1 aromatic heterocycles. The number of anilines is 1. The van der Waals surface area contributed by atoms with Gasteiger partial charge in [-0.3, -0.25) is 0 Å². The second-order valence-electron chi connectivity index (χ2n) is 4.79. The van der Waals surface area contributed by atoms with Gasteiger partial charge < -0.3 is 10.6 Å². The molecule has 0 unspecified atom stereocenters. The Kier molecular flexibility index (Phi) is 4.35. The molecule has 108 valence electrons. The molecule has 0 atom stereocenters. The highest BCUT2D eigenvalue weighted by atomic mass is 32.1. The molecule has 0 radical (unpaired) electrons. The monoisotopic (exact) mass is 293 g/mol. The van der Waals surface area contributed by atoms with Gasteiger partial charge in [0.15, 0.2) is 5.13 Å². The van der Waals surface area contributed by atoms with Crippen molar-refractivity contribution in [3.8, 4) is 0 Å². The van der Waals surface area contributed by atoms with Crippen LogP contribution in [0.5, 0.6) is 0 Å². The maximum absolute atomic E-state index is 12.6. The summed E-state index contributed by atoms with van der Waals surface area (Å²) >= 11 is 1.31. The van der Waals surface area contributed by atoms with Crippen molar-refractivity contribution in [1.82, 2.24) is 4.98 Å². The smallest absolute Gasteiger partial charge is 0.336 e. The van der Waals surface area contributed by atoms with Crippen LogP contribution in [0, 0.1) is 0 Å². The number of hydrogen-bond donors (Lipinski definition) is 1.